The van der Waals surface area contributed by atoms with E-state index in [1.807, 2.05) is 6.92 Å². The molecule has 6 nitrogen and oxygen atoms in total. The number of nitrogens with zero attached hydrogens (tertiary/aromatic N) is 2. The first kappa shape index (κ1) is 16.2. The average molecular weight is 280 g/mol. The summed E-state index contributed by atoms with van der Waals surface area (Å²) in [6.07, 6.45) is 3.10. The summed E-state index contributed by atoms with van der Waals surface area (Å²) in [5, 5.41) is 17.2. The SMILES string of the molecule is CCCNc1cc([N+](=O)[O-])cc(NCCCC(C)C)n1. The quantitative estimate of drug-likeness (QED) is 0.410. The number of hydrogen-bond acceptors (Lipinski definition) is 5. The second-order valence-corrected chi connectivity index (χ2v) is 5.24. The fourth-order valence-corrected chi connectivity index (χ4v) is 1.78. The van der Waals surface area contributed by atoms with Gasteiger partial charge in [-0.25, -0.2) is 4.98 Å². The summed E-state index contributed by atoms with van der Waals surface area (Å²) in [6, 6.07) is 2.95. The molecule has 0 bridgehead atoms. The van der Waals surface area contributed by atoms with Crippen molar-refractivity contribution in [1.82, 2.24) is 4.98 Å². The predicted molar refractivity (Wildman–Crippen MR) is 82.2 cm³/mol. The monoisotopic (exact) mass is 280 g/mol. The molecule has 20 heavy (non-hydrogen) atoms. The second-order valence-electron chi connectivity index (χ2n) is 5.24. The first-order chi connectivity index (χ1) is 9.52. The molecule has 1 aromatic heterocycles. The molecule has 0 aliphatic rings. The van der Waals surface area contributed by atoms with Crippen molar-refractivity contribution in [2.24, 2.45) is 5.92 Å². The van der Waals surface area contributed by atoms with Crippen molar-refractivity contribution >= 4 is 17.3 Å². The van der Waals surface area contributed by atoms with E-state index in [9.17, 15) is 10.1 Å². The molecule has 0 aromatic carbocycles. The number of rotatable bonds is 9. The van der Waals surface area contributed by atoms with Gasteiger partial charge in [0.2, 0.25) is 0 Å². The molecule has 0 saturated carbocycles. The van der Waals surface area contributed by atoms with Crippen LogP contribution in [0.1, 0.15) is 40.0 Å². The smallest absolute Gasteiger partial charge is 0.276 e. The first-order valence-electron chi connectivity index (χ1n) is 7.17. The average Bonchev–Trinajstić information content (AvgIpc) is 2.41. The van der Waals surface area contributed by atoms with Crippen LogP contribution >= 0.6 is 0 Å². The zero-order chi connectivity index (χ0) is 15.0. The zero-order valence-corrected chi connectivity index (χ0v) is 12.5. The lowest BCUT2D eigenvalue weighted by molar-refractivity contribution is -0.384. The minimum Gasteiger partial charge on any atom is -0.370 e. The van der Waals surface area contributed by atoms with Gasteiger partial charge in [0, 0.05) is 13.1 Å². The van der Waals surface area contributed by atoms with Gasteiger partial charge < -0.3 is 10.6 Å². The maximum Gasteiger partial charge on any atom is 0.276 e. The molecule has 0 saturated heterocycles. The van der Waals surface area contributed by atoms with E-state index in [1.54, 1.807) is 0 Å². The minimum absolute atomic E-state index is 0.0602. The van der Waals surface area contributed by atoms with Crippen molar-refractivity contribution in [3.05, 3.63) is 22.2 Å². The molecule has 6 heteroatoms. The van der Waals surface area contributed by atoms with E-state index in [4.69, 9.17) is 0 Å². The van der Waals surface area contributed by atoms with Crippen LogP contribution in [0.4, 0.5) is 17.3 Å². The molecule has 0 aliphatic heterocycles. The molecule has 112 valence electrons. The Morgan fingerprint density at radius 2 is 1.85 bits per heavy atom. The van der Waals surface area contributed by atoms with Crippen LogP contribution in [0.15, 0.2) is 12.1 Å². The highest BCUT2D eigenvalue weighted by atomic mass is 16.6. The second kappa shape index (κ2) is 8.35. The minimum atomic E-state index is -0.391. The van der Waals surface area contributed by atoms with Gasteiger partial charge in [-0.05, 0) is 25.2 Å². The lowest BCUT2D eigenvalue weighted by atomic mass is 10.1. The summed E-state index contributed by atoms with van der Waals surface area (Å²) in [5.41, 5.74) is 0.0602. The normalized spacial score (nSPS) is 10.6. The van der Waals surface area contributed by atoms with Crippen molar-refractivity contribution in [3.8, 4) is 0 Å². The van der Waals surface area contributed by atoms with Crippen LogP contribution in [0.2, 0.25) is 0 Å². The summed E-state index contributed by atoms with van der Waals surface area (Å²) in [4.78, 5) is 14.9. The van der Waals surface area contributed by atoms with Crippen molar-refractivity contribution < 1.29 is 4.92 Å². The summed E-state index contributed by atoms with van der Waals surface area (Å²) in [6.45, 7) is 7.92. The van der Waals surface area contributed by atoms with Gasteiger partial charge in [0.25, 0.3) is 5.69 Å². The molecular weight excluding hydrogens is 256 g/mol. The topological polar surface area (TPSA) is 80.1 Å². The molecule has 0 atom stereocenters. The van der Waals surface area contributed by atoms with Gasteiger partial charge in [-0.15, -0.1) is 0 Å². The lowest BCUT2D eigenvalue weighted by Crippen LogP contribution is -2.08. The summed E-state index contributed by atoms with van der Waals surface area (Å²) < 4.78 is 0. The van der Waals surface area contributed by atoms with Gasteiger partial charge in [-0.1, -0.05) is 20.8 Å². The Kier molecular flexibility index (Phi) is 6.76. The molecular formula is C14H24N4O2. The van der Waals surface area contributed by atoms with Crippen molar-refractivity contribution in [1.29, 1.82) is 0 Å². The molecule has 0 radical (unpaired) electrons. The highest BCUT2D eigenvalue weighted by Gasteiger charge is 2.10. The molecule has 0 aliphatic carbocycles. The highest BCUT2D eigenvalue weighted by molar-refractivity contribution is 5.54. The standard InChI is InChI=1S/C14H24N4O2/c1-4-7-15-13-9-12(18(19)20)10-14(17-13)16-8-5-6-11(2)3/h9-11H,4-8H2,1-3H3,(H2,15,16,17). The van der Waals surface area contributed by atoms with Crippen molar-refractivity contribution in [2.75, 3.05) is 23.7 Å². The molecule has 0 fully saturated rings. The zero-order valence-electron chi connectivity index (χ0n) is 12.5. The Hall–Kier alpha value is -1.85. The van der Waals surface area contributed by atoms with Gasteiger partial charge in [0.15, 0.2) is 0 Å². The van der Waals surface area contributed by atoms with Crippen LogP contribution in [0, 0.1) is 16.0 Å². The van der Waals surface area contributed by atoms with Crippen LogP contribution < -0.4 is 10.6 Å². The third-order valence-electron chi connectivity index (χ3n) is 2.84. The molecule has 1 aromatic rings. The maximum absolute atomic E-state index is 10.9. The van der Waals surface area contributed by atoms with E-state index in [2.05, 4.69) is 29.5 Å². The lowest BCUT2D eigenvalue weighted by Gasteiger charge is -2.09. The van der Waals surface area contributed by atoms with E-state index >= 15 is 0 Å². The van der Waals surface area contributed by atoms with Crippen molar-refractivity contribution in [2.45, 2.75) is 40.0 Å². The third-order valence-corrected chi connectivity index (χ3v) is 2.84. The molecule has 1 heterocycles. The fourth-order valence-electron chi connectivity index (χ4n) is 1.78. The van der Waals surface area contributed by atoms with Gasteiger partial charge in [0.1, 0.15) is 11.6 Å². The van der Waals surface area contributed by atoms with E-state index < -0.39 is 4.92 Å². The summed E-state index contributed by atoms with van der Waals surface area (Å²) in [7, 11) is 0. The molecule has 0 spiro atoms. The number of aromatic nitrogens is 1. The maximum atomic E-state index is 10.9. The fraction of sp³-hybridized carbons (Fsp3) is 0.643. The first-order valence-corrected chi connectivity index (χ1v) is 7.17. The largest absolute Gasteiger partial charge is 0.370 e. The number of nitrogens with one attached hydrogen (secondary N) is 2. The van der Waals surface area contributed by atoms with Gasteiger partial charge in [-0.3, -0.25) is 10.1 Å². The Morgan fingerprint density at radius 3 is 2.35 bits per heavy atom. The van der Waals surface area contributed by atoms with Crippen LogP contribution in [0.5, 0.6) is 0 Å². The van der Waals surface area contributed by atoms with E-state index in [-0.39, 0.29) is 5.69 Å². The predicted octanol–water partition coefficient (Wildman–Crippen LogP) is 3.66. The molecule has 0 unspecified atom stereocenters. The van der Waals surface area contributed by atoms with Crippen molar-refractivity contribution in [3.63, 3.8) is 0 Å². The Balaban J connectivity index is 2.67. The highest BCUT2D eigenvalue weighted by Crippen LogP contribution is 2.20. The number of hydrogen-bond donors (Lipinski definition) is 2. The molecule has 1 rings (SSSR count). The Labute approximate surface area is 120 Å². The third kappa shape index (κ3) is 5.86. The van der Waals surface area contributed by atoms with E-state index in [1.165, 1.54) is 12.1 Å². The Morgan fingerprint density at radius 1 is 1.25 bits per heavy atom. The number of anilines is 2. The van der Waals surface area contributed by atoms with E-state index in [0.717, 1.165) is 32.4 Å². The van der Waals surface area contributed by atoms with Crippen LogP contribution in [0.25, 0.3) is 0 Å². The van der Waals surface area contributed by atoms with Gasteiger partial charge in [0.05, 0.1) is 17.1 Å². The molecule has 0 amide bonds. The summed E-state index contributed by atoms with van der Waals surface area (Å²) >= 11 is 0. The van der Waals surface area contributed by atoms with Gasteiger partial charge in [-0.2, -0.15) is 0 Å². The van der Waals surface area contributed by atoms with Crippen LogP contribution in [-0.2, 0) is 0 Å². The number of pyridine rings is 1. The van der Waals surface area contributed by atoms with Crippen LogP contribution in [0.3, 0.4) is 0 Å². The van der Waals surface area contributed by atoms with E-state index in [0.29, 0.717) is 17.6 Å². The Bertz CT molecular complexity index is 435. The van der Waals surface area contributed by atoms with Crippen LogP contribution in [-0.4, -0.2) is 23.0 Å². The number of nitro groups is 1. The van der Waals surface area contributed by atoms with Gasteiger partial charge >= 0.3 is 0 Å². The summed E-state index contributed by atoms with van der Waals surface area (Å²) in [5.74, 6) is 1.77. The molecule has 2 N–H and O–H groups in total.